The average molecular weight is 370 g/mol. The van der Waals surface area contributed by atoms with Gasteiger partial charge in [-0.05, 0) is 48.9 Å². The van der Waals surface area contributed by atoms with Crippen molar-refractivity contribution in [2.75, 3.05) is 11.9 Å². The summed E-state index contributed by atoms with van der Waals surface area (Å²) in [7, 11) is 2.13. The lowest BCUT2D eigenvalue weighted by Gasteiger charge is -2.22. The minimum atomic E-state index is 0.635. The molecule has 0 spiro atoms. The number of anilines is 2. The molecule has 142 valence electrons. The molecule has 1 aliphatic carbocycles. The highest BCUT2D eigenvalue weighted by Gasteiger charge is 2.22. The van der Waals surface area contributed by atoms with E-state index in [0.717, 1.165) is 16.9 Å². The topological polar surface area (TPSA) is 16.4 Å². The van der Waals surface area contributed by atoms with Gasteiger partial charge in [0.05, 0.1) is 5.69 Å². The Hall–Kier alpha value is -2.74. The molecule has 1 saturated carbocycles. The van der Waals surface area contributed by atoms with E-state index in [1.165, 1.54) is 59.7 Å². The fourth-order valence-electron chi connectivity index (χ4n) is 4.90. The molecular formula is C26H27NO. The summed E-state index contributed by atoms with van der Waals surface area (Å²) in [4.78, 5) is 2.25. The summed E-state index contributed by atoms with van der Waals surface area (Å²) >= 11 is 0. The van der Waals surface area contributed by atoms with Crippen LogP contribution in [0.1, 0.15) is 49.1 Å². The Kier molecular flexibility index (Phi) is 4.35. The van der Waals surface area contributed by atoms with Gasteiger partial charge < -0.3 is 9.32 Å². The third-order valence-electron chi connectivity index (χ3n) is 6.42. The third-order valence-corrected chi connectivity index (χ3v) is 6.42. The molecular weight excluding hydrogens is 342 g/mol. The molecule has 28 heavy (non-hydrogen) atoms. The van der Waals surface area contributed by atoms with Gasteiger partial charge in [-0.3, -0.25) is 0 Å². The highest BCUT2D eigenvalue weighted by atomic mass is 16.3. The van der Waals surface area contributed by atoms with Crippen LogP contribution in [-0.4, -0.2) is 7.05 Å². The van der Waals surface area contributed by atoms with Crippen molar-refractivity contribution < 1.29 is 4.42 Å². The van der Waals surface area contributed by atoms with Crippen LogP contribution in [0.15, 0.2) is 65.1 Å². The monoisotopic (exact) mass is 369 g/mol. The quantitative estimate of drug-likeness (QED) is 0.368. The SMILES string of the molecule is Cc1ccccc1N(C)c1cccc2c1oc1c(C3CCCCC3)cccc12. The van der Waals surface area contributed by atoms with Gasteiger partial charge in [0.2, 0.25) is 0 Å². The fraction of sp³-hybridized carbons (Fsp3) is 0.308. The number of aryl methyl sites for hydroxylation is 1. The van der Waals surface area contributed by atoms with Crippen LogP contribution in [-0.2, 0) is 0 Å². The predicted molar refractivity (Wildman–Crippen MR) is 119 cm³/mol. The number of furan rings is 1. The number of hydrogen-bond acceptors (Lipinski definition) is 2. The second-order valence-corrected chi connectivity index (χ2v) is 8.16. The van der Waals surface area contributed by atoms with Crippen LogP contribution < -0.4 is 4.90 Å². The first-order valence-corrected chi connectivity index (χ1v) is 10.5. The zero-order valence-electron chi connectivity index (χ0n) is 16.7. The first-order chi connectivity index (χ1) is 13.7. The Morgan fingerprint density at radius 1 is 0.750 bits per heavy atom. The molecule has 0 N–H and O–H groups in total. The molecule has 4 aromatic rings. The van der Waals surface area contributed by atoms with Crippen molar-refractivity contribution in [1.82, 2.24) is 0 Å². The lowest BCUT2D eigenvalue weighted by molar-refractivity contribution is 0.442. The predicted octanol–water partition coefficient (Wildman–Crippen LogP) is 7.71. The molecule has 0 atom stereocenters. The summed E-state index contributed by atoms with van der Waals surface area (Å²) in [5.41, 5.74) is 7.08. The molecule has 0 radical (unpaired) electrons. The van der Waals surface area contributed by atoms with Crippen LogP contribution in [0.2, 0.25) is 0 Å². The van der Waals surface area contributed by atoms with Gasteiger partial charge in [0.15, 0.2) is 5.58 Å². The van der Waals surface area contributed by atoms with E-state index in [1.807, 2.05) is 0 Å². The van der Waals surface area contributed by atoms with Crippen LogP contribution in [0, 0.1) is 6.92 Å². The Morgan fingerprint density at radius 2 is 1.43 bits per heavy atom. The van der Waals surface area contributed by atoms with Crippen molar-refractivity contribution in [2.45, 2.75) is 44.9 Å². The molecule has 0 bridgehead atoms. The van der Waals surface area contributed by atoms with Gasteiger partial charge in [-0.25, -0.2) is 0 Å². The normalized spacial score (nSPS) is 15.4. The van der Waals surface area contributed by atoms with Gasteiger partial charge in [-0.15, -0.1) is 0 Å². The Labute approximate surface area is 166 Å². The molecule has 1 aromatic heterocycles. The zero-order valence-corrected chi connectivity index (χ0v) is 16.7. The van der Waals surface area contributed by atoms with Crippen molar-refractivity contribution in [1.29, 1.82) is 0 Å². The van der Waals surface area contributed by atoms with Crippen molar-refractivity contribution in [2.24, 2.45) is 0 Å². The van der Waals surface area contributed by atoms with E-state index in [4.69, 9.17) is 4.42 Å². The molecule has 2 nitrogen and oxygen atoms in total. The number of fused-ring (bicyclic) bond motifs is 3. The van der Waals surface area contributed by atoms with E-state index < -0.39 is 0 Å². The number of para-hydroxylation sites is 3. The first-order valence-electron chi connectivity index (χ1n) is 10.5. The third kappa shape index (κ3) is 2.79. The molecule has 2 heteroatoms. The van der Waals surface area contributed by atoms with Gasteiger partial charge >= 0.3 is 0 Å². The van der Waals surface area contributed by atoms with Crippen molar-refractivity contribution in [3.05, 3.63) is 71.8 Å². The average Bonchev–Trinajstić information content (AvgIpc) is 3.13. The van der Waals surface area contributed by atoms with E-state index >= 15 is 0 Å². The van der Waals surface area contributed by atoms with E-state index in [-0.39, 0.29) is 0 Å². The van der Waals surface area contributed by atoms with Gasteiger partial charge in [-0.1, -0.05) is 67.8 Å². The molecule has 0 unspecified atom stereocenters. The van der Waals surface area contributed by atoms with Crippen LogP contribution in [0.5, 0.6) is 0 Å². The second-order valence-electron chi connectivity index (χ2n) is 8.16. The molecule has 0 amide bonds. The largest absolute Gasteiger partial charge is 0.454 e. The lowest BCUT2D eigenvalue weighted by Crippen LogP contribution is -2.10. The first kappa shape index (κ1) is 17.4. The molecule has 0 aliphatic heterocycles. The molecule has 1 heterocycles. The van der Waals surface area contributed by atoms with Crippen LogP contribution in [0.25, 0.3) is 21.9 Å². The molecule has 3 aromatic carbocycles. The maximum atomic E-state index is 6.61. The fourth-order valence-corrected chi connectivity index (χ4v) is 4.90. The van der Waals surface area contributed by atoms with Gasteiger partial charge in [0, 0.05) is 23.5 Å². The van der Waals surface area contributed by atoms with Gasteiger partial charge in [0.1, 0.15) is 5.58 Å². The summed E-state index contributed by atoms with van der Waals surface area (Å²) < 4.78 is 6.61. The number of benzene rings is 3. The lowest BCUT2D eigenvalue weighted by atomic mass is 9.83. The molecule has 5 rings (SSSR count). The van der Waals surface area contributed by atoms with Crippen molar-refractivity contribution >= 4 is 33.3 Å². The molecule has 1 aliphatic rings. The standard InChI is InChI=1S/C26H27NO/c1-18-10-6-7-16-23(18)27(2)24-17-9-15-22-21-14-8-13-20(25(21)28-26(22)24)19-11-4-3-5-12-19/h6-10,13-17,19H,3-5,11-12H2,1-2H3. The van der Waals surface area contributed by atoms with Crippen molar-refractivity contribution in [3.8, 4) is 0 Å². The molecule has 1 fully saturated rings. The zero-order chi connectivity index (χ0) is 19.1. The summed E-state index contributed by atoms with van der Waals surface area (Å²) in [6.45, 7) is 2.16. The van der Waals surface area contributed by atoms with Crippen LogP contribution in [0.4, 0.5) is 11.4 Å². The molecule has 0 saturated heterocycles. The van der Waals surface area contributed by atoms with Gasteiger partial charge in [0.25, 0.3) is 0 Å². The van der Waals surface area contributed by atoms with Crippen molar-refractivity contribution in [3.63, 3.8) is 0 Å². The minimum Gasteiger partial charge on any atom is -0.454 e. The van der Waals surface area contributed by atoms with E-state index in [9.17, 15) is 0 Å². The highest BCUT2D eigenvalue weighted by molar-refractivity contribution is 6.10. The van der Waals surface area contributed by atoms with E-state index in [0.29, 0.717) is 5.92 Å². The Balaban J connectivity index is 1.69. The summed E-state index contributed by atoms with van der Waals surface area (Å²) in [5, 5.41) is 2.46. The summed E-state index contributed by atoms with van der Waals surface area (Å²) in [6, 6.07) is 21.7. The number of nitrogens with zero attached hydrogens (tertiary/aromatic N) is 1. The minimum absolute atomic E-state index is 0.635. The summed E-state index contributed by atoms with van der Waals surface area (Å²) in [5.74, 6) is 0.635. The Morgan fingerprint density at radius 3 is 2.21 bits per heavy atom. The Bertz CT molecular complexity index is 1130. The smallest absolute Gasteiger partial charge is 0.159 e. The second kappa shape index (κ2) is 7.01. The number of rotatable bonds is 3. The highest BCUT2D eigenvalue weighted by Crippen LogP contribution is 2.42. The van der Waals surface area contributed by atoms with E-state index in [1.54, 1.807) is 0 Å². The van der Waals surface area contributed by atoms with Crippen LogP contribution in [0.3, 0.4) is 0 Å². The van der Waals surface area contributed by atoms with Gasteiger partial charge in [-0.2, -0.15) is 0 Å². The maximum absolute atomic E-state index is 6.61. The van der Waals surface area contributed by atoms with E-state index in [2.05, 4.69) is 79.5 Å². The maximum Gasteiger partial charge on any atom is 0.159 e. The number of hydrogen-bond donors (Lipinski definition) is 0. The van der Waals surface area contributed by atoms with Crippen LogP contribution >= 0.6 is 0 Å². The summed E-state index contributed by atoms with van der Waals surface area (Å²) in [6.07, 6.45) is 6.61.